The molecule has 138 valence electrons. The van der Waals surface area contributed by atoms with Crippen molar-refractivity contribution in [3.63, 3.8) is 0 Å². The maximum Gasteiger partial charge on any atom is 0.263 e. The number of amides is 1. The summed E-state index contributed by atoms with van der Waals surface area (Å²) in [4.78, 5) is 12.9. The van der Waals surface area contributed by atoms with E-state index in [2.05, 4.69) is 41.9 Å². The molecule has 1 amide bonds. The summed E-state index contributed by atoms with van der Waals surface area (Å²) in [5.74, 6) is 0.250. The Balaban J connectivity index is 1.58. The van der Waals surface area contributed by atoms with Gasteiger partial charge in [0.15, 0.2) is 0 Å². The van der Waals surface area contributed by atoms with E-state index in [1.807, 2.05) is 48.5 Å². The highest BCUT2D eigenvalue weighted by Gasteiger charge is 2.05. The zero-order valence-corrected chi connectivity index (χ0v) is 15.7. The third-order valence-electron chi connectivity index (χ3n) is 3.35. The fraction of sp³-hybridized carbons (Fsp3) is 0.118. The van der Waals surface area contributed by atoms with Crippen molar-refractivity contribution in [1.29, 1.82) is 0 Å². The molecule has 27 heavy (non-hydrogen) atoms. The van der Waals surface area contributed by atoms with Gasteiger partial charge in [0.1, 0.15) is 18.9 Å². The van der Waals surface area contributed by atoms with Crippen LogP contribution in [-0.4, -0.2) is 32.3 Å². The molecule has 0 radical (unpaired) electrons. The maximum atomic E-state index is 11.8. The highest BCUT2D eigenvalue weighted by Crippen LogP contribution is 2.19. The standard InChI is InChI=1S/C17H16BrN7O2/c18-14-6-3-4-12(8-14)11-27-15-7-2-1-5-13(15)9-20-21-16(26)10-25-23-17(19)22-24-25/h1-9H,10-11H2,(H2,19,23)(H,21,26). The first-order valence-electron chi connectivity index (χ1n) is 7.91. The number of ether oxygens (including phenoxy) is 1. The van der Waals surface area contributed by atoms with Crippen molar-refractivity contribution in [2.45, 2.75) is 13.2 Å². The van der Waals surface area contributed by atoms with Gasteiger partial charge in [0.05, 0.1) is 6.21 Å². The summed E-state index contributed by atoms with van der Waals surface area (Å²) < 4.78 is 6.85. The Morgan fingerprint density at radius 2 is 2.15 bits per heavy atom. The summed E-state index contributed by atoms with van der Waals surface area (Å²) in [5.41, 5.74) is 9.50. The Kier molecular flexibility index (Phi) is 6.10. The molecule has 2 aromatic carbocycles. The quantitative estimate of drug-likeness (QED) is 0.435. The zero-order valence-electron chi connectivity index (χ0n) is 14.1. The molecule has 0 saturated heterocycles. The number of carbonyl (C=O) groups excluding carboxylic acids is 1. The monoisotopic (exact) mass is 429 g/mol. The van der Waals surface area contributed by atoms with E-state index in [0.29, 0.717) is 12.4 Å². The van der Waals surface area contributed by atoms with Crippen molar-refractivity contribution in [3.05, 3.63) is 64.1 Å². The molecule has 1 heterocycles. The summed E-state index contributed by atoms with van der Waals surface area (Å²) >= 11 is 3.44. The second-order valence-corrected chi connectivity index (χ2v) is 6.34. The molecule has 0 saturated carbocycles. The molecule has 0 spiro atoms. The normalized spacial score (nSPS) is 10.9. The van der Waals surface area contributed by atoms with Gasteiger partial charge in [-0.15, -0.1) is 5.10 Å². The average molecular weight is 430 g/mol. The third kappa shape index (κ3) is 5.61. The van der Waals surface area contributed by atoms with E-state index in [1.54, 1.807) is 0 Å². The van der Waals surface area contributed by atoms with Crippen LogP contribution in [0.25, 0.3) is 0 Å². The van der Waals surface area contributed by atoms with E-state index >= 15 is 0 Å². The number of benzene rings is 2. The molecule has 10 heteroatoms. The van der Waals surface area contributed by atoms with Crippen LogP contribution in [0.4, 0.5) is 5.95 Å². The van der Waals surface area contributed by atoms with Gasteiger partial charge < -0.3 is 10.5 Å². The molecule has 3 aromatic rings. The number of nitrogen functional groups attached to an aromatic ring is 1. The number of aromatic nitrogens is 4. The fourth-order valence-corrected chi connectivity index (χ4v) is 2.61. The molecule has 0 aliphatic heterocycles. The lowest BCUT2D eigenvalue weighted by molar-refractivity contribution is -0.122. The summed E-state index contributed by atoms with van der Waals surface area (Å²) in [7, 11) is 0. The number of tetrazole rings is 1. The molecule has 0 fully saturated rings. The molecule has 0 aliphatic rings. The fourth-order valence-electron chi connectivity index (χ4n) is 2.17. The Morgan fingerprint density at radius 1 is 1.30 bits per heavy atom. The lowest BCUT2D eigenvalue weighted by Crippen LogP contribution is -2.24. The highest BCUT2D eigenvalue weighted by molar-refractivity contribution is 9.10. The van der Waals surface area contributed by atoms with Crippen LogP contribution in [0.1, 0.15) is 11.1 Å². The van der Waals surface area contributed by atoms with E-state index in [-0.39, 0.29) is 12.5 Å². The minimum Gasteiger partial charge on any atom is -0.488 e. The number of nitrogens with two attached hydrogens (primary N) is 1. The number of anilines is 1. The number of halogens is 1. The second-order valence-electron chi connectivity index (χ2n) is 5.43. The highest BCUT2D eigenvalue weighted by atomic mass is 79.9. The summed E-state index contributed by atoms with van der Waals surface area (Å²) in [6.45, 7) is 0.276. The van der Waals surface area contributed by atoms with Gasteiger partial charge in [-0.25, -0.2) is 5.43 Å². The van der Waals surface area contributed by atoms with Crippen molar-refractivity contribution in [1.82, 2.24) is 25.6 Å². The van der Waals surface area contributed by atoms with Gasteiger partial charge in [0.2, 0.25) is 0 Å². The Hall–Kier alpha value is -3.27. The SMILES string of the molecule is Nc1nnn(CC(=O)NN=Cc2ccccc2OCc2cccc(Br)c2)n1. The van der Waals surface area contributed by atoms with Crippen molar-refractivity contribution in [3.8, 4) is 5.75 Å². The number of hydrogen-bond donors (Lipinski definition) is 2. The van der Waals surface area contributed by atoms with Crippen LogP contribution < -0.4 is 15.9 Å². The number of para-hydroxylation sites is 1. The zero-order chi connectivity index (χ0) is 19.1. The summed E-state index contributed by atoms with van der Waals surface area (Å²) in [6.07, 6.45) is 1.51. The van der Waals surface area contributed by atoms with Gasteiger partial charge in [-0.05, 0) is 35.0 Å². The van der Waals surface area contributed by atoms with Crippen LogP contribution in [-0.2, 0) is 17.9 Å². The predicted octanol–water partition coefficient (Wildman–Crippen LogP) is 1.75. The van der Waals surface area contributed by atoms with Gasteiger partial charge in [-0.3, -0.25) is 4.79 Å². The van der Waals surface area contributed by atoms with Crippen LogP contribution in [0.3, 0.4) is 0 Å². The Morgan fingerprint density at radius 3 is 2.93 bits per heavy atom. The maximum absolute atomic E-state index is 11.8. The van der Waals surface area contributed by atoms with E-state index < -0.39 is 5.91 Å². The smallest absolute Gasteiger partial charge is 0.263 e. The largest absolute Gasteiger partial charge is 0.488 e. The lowest BCUT2D eigenvalue weighted by atomic mass is 10.2. The number of nitrogens with zero attached hydrogens (tertiary/aromatic N) is 5. The minimum absolute atomic E-state index is 0.00261. The molecule has 0 unspecified atom stereocenters. The number of hydrogen-bond acceptors (Lipinski definition) is 7. The molecular formula is C17H16BrN7O2. The van der Waals surface area contributed by atoms with Gasteiger partial charge in [0, 0.05) is 10.0 Å². The third-order valence-corrected chi connectivity index (χ3v) is 3.84. The molecule has 1 aromatic heterocycles. The van der Waals surface area contributed by atoms with E-state index in [9.17, 15) is 4.79 Å². The van der Waals surface area contributed by atoms with Gasteiger partial charge in [0.25, 0.3) is 11.9 Å². The lowest BCUT2D eigenvalue weighted by Gasteiger charge is -2.09. The first-order chi connectivity index (χ1) is 13.1. The predicted molar refractivity (Wildman–Crippen MR) is 103 cm³/mol. The average Bonchev–Trinajstić information content (AvgIpc) is 3.05. The molecule has 3 rings (SSSR count). The first kappa shape index (κ1) is 18.5. The number of carbonyl (C=O) groups is 1. The molecular weight excluding hydrogens is 414 g/mol. The molecule has 0 aliphatic carbocycles. The summed E-state index contributed by atoms with van der Waals surface area (Å²) in [5, 5.41) is 14.8. The Labute approximate surface area is 163 Å². The van der Waals surface area contributed by atoms with Gasteiger partial charge in [-0.1, -0.05) is 45.3 Å². The molecule has 0 atom stereocenters. The van der Waals surface area contributed by atoms with E-state index in [0.717, 1.165) is 20.4 Å². The summed E-state index contributed by atoms with van der Waals surface area (Å²) in [6, 6.07) is 15.3. The van der Waals surface area contributed by atoms with Crippen LogP contribution >= 0.6 is 15.9 Å². The van der Waals surface area contributed by atoms with E-state index in [1.165, 1.54) is 6.21 Å². The van der Waals surface area contributed by atoms with Crippen molar-refractivity contribution in [2.75, 3.05) is 5.73 Å². The number of nitrogens with one attached hydrogen (secondary N) is 1. The Bertz CT molecular complexity index is 958. The van der Waals surface area contributed by atoms with Crippen LogP contribution in [0.2, 0.25) is 0 Å². The van der Waals surface area contributed by atoms with Crippen molar-refractivity contribution >= 4 is 34.0 Å². The van der Waals surface area contributed by atoms with Crippen LogP contribution in [0.5, 0.6) is 5.75 Å². The van der Waals surface area contributed by atoms with Crippen molar-refractivity contribution in [2.24, 2.45) is 5.10 Å². The van der Waals surface area contributed by atoms with Gasteiger partial charge in [-0.2, -0.15) is 9.90 Å². The number of rotatable bonds is 7. The van der Waals surface area contributed by atoms with E-state index in [4.69, 9.17) is 10.5 Å². The molecule has 0 bridgehead atoms. The molecule has 9 nitrogen and oxygen atoms in total. The number of hydrazone groups is 1. The molecule has 3 N–H and O–H groups in total. The van der Waals surface area contributed by atoms with Crippen molar-refractivity contribution < 1.29 is 9.53 Å². The topological polar surface area (TPSA) is 120 Å². The first-order valence-corrected chi connectivity index (χ1v) is 8.71. The van der Waals surface area contributed by atoms with Crippen LogP contribution in [0.15, 0.2) is 58.1 Å². The van der Waals surface area contributed by atoms with Gasteiger partial charge >= 0.3 is 0 Å². The van der Waals surface area contributed by atoms with Crippen LogP contribution in [0, 0.1) is 0 Å². The second kappa shape index (κ2) is 8.90. The minimum atomic E-state index is -0.406.